The van der Waals surface area contributed by atoms with Gasteiger partial charge in [0.25, 0.3) is 11.8 Å². The Kier molecular flexibility index (Phi) is 1.80. The molecule has 2 amide bonds. The molecule has 0 atom stereocenters. The van der Waals surface area contributed by atoms with E-state index in [1.807, 2.05) is 0 Å². The van der Waals surface area contributed by atoms with Crippen LogP contribution < -0.4 is 0 Å². The van der Waals surface area contributed by atoms with Crippen LogP contribution in [0, 0.1) is 0 Å². The average molecular weight is 251 g/mol. The average Bonchev–Trinajstić information content (AvgIpc) is 2.07. The lowest BCUT2D eigenvalue weighted by atomic mass is 10.2. The smallest absolute Gasteiger partial charge is 0.265 e. The maximum absolute atomic E-state index is 11.0. The van der Waals surface area contributed by atoms with Crippen molar-refractivity contribution in [1.29, 1.82) is 0 Å². The maximum Gasteiger partial charge on any atom is 0.265 e. The van der Waals surface area contributed by atoms with Gasteiger partial charge in [-0.1, -0.05) is 0 Å². The standard InChI is InChI=1S/C6H6INO2/c1-3-4(2)6(10)8(7)5(3)9/h1-2H3. The van der Waals surface area contributed by atoms with Crippen LogP contribution in [-0.2, 0) is 9.59 Å². The number of carbonyl (C=O) groups is 2. The van der Waals surface area contributed by atoms with E-state index in [1.165, 1.54) is 0 Å². The molecule has 0 aromatic heterocycles. The lowest BCUT2D eigenvalue weighted by Gasteiger charge is -2.00. The quantitative estimate of drug-likeness (QED) is 0.366. The van der Waals surface area contributed by atoms with Crippen molar-refractivity contribution in [2.75, 3.05) is 0 Å². The Hall–Kier alpha value is -0.390. The van der Waals surface area contributed by atoms with Crippen molar-refractivity contribution in [2.24, 2.45) is 0 Å². The van der Waals surface area contributed by atoms with Crippen LogP contribution in [0.4, 0.5) is 0 Å². The van der Waals surface area contributed by atoms with E-state index in [9.17, 15) is 9.59 Å². The van der Waals surface area contributed by atoms with Gasteiger partial charge < -0.3 is 0 Å². The molecule has 0 aromatic carbocycles. The molecule has 1 rings (SSSR count). The number of amides is 2. The van der Waals surface area contributed by atoms with Crippen LogP contribution in [0.25, 0.3) is 0 Å². The zero-order valence-electron chi connectivity index (χ0n) is 5.64. The molecule has 0 radical (unpaired) electrons. The maximum atomic E-state index is 11.0. The Morgan fingerprint density at radius 2 is 1.40 bits per heavy atom. The highest BCUT2D eigenvalue weighted by Gasteiger charge is 2.31. The van der Waals surface area contributed by atoms with E-state index in [-0.39, 0.29) is 11.8 Å². The molecule has 0 unspecified atom stereocenters. The van der Waals surface area contributed by atoms with E-state index in [0.29, 0.717) is 11.1 Å². The molecule has 0 aromatic rings. The summed E-state index contributed by atoms with van der Waals surface area (Å²) in [5.74, 6) is -0.383. The molecule has 0 N–H and O–H groups in total. The molecule has 54 valence electrons. The molecule has 0 aliphatic carbocycles. The first-order chi connectivity index (χ1) is 4.55. The second-order valence-electron chi connectivity index (χ2n) is 2.14. The first-order valence-corrected chi connectivity index (χ1v) is 3.74. The zero-order valence-corrected chi connectivity index (χ0v) is 7.80. The topological polar surface area (TPSA) is 37.4 Å². The number of nitrogens with zero attached hydrogens (tertiary/aromatic N) is 1. The van der Waals surface area contributed by atoms with Gasteiger partial charge in [-0.05, 0) is 13.8 Å². The summed E-state index contributed by atoms with van der Waals surface area (Å²) in [4.78, 5) is 21.9. The van der Waals surface area contributed by atoms with E-state index in [4.69, 9.17) is 0 Å². The molecule has 1 aliphatic heterocycles. The third-order valence-corrected chi connectivity index (χ3v) is 2.44. The van der Waals surface area contributed by atoms with Gasteiger partial charge in [0.2, 0.25) is 0 Å². The van der Waals surface area contributed by atoms with Crippen LogP contribution in [0.1, 0.15) is 13.8 Å². The molecular weight excluding hydrogens is 245 g/mol. The van der Waals surface area contributed by atoms with Crippen molar-refractivity contribution in [1.82, 2.24) is 3.11 Å². The second-order valence-corrected chi connectivity index (χ2v) is 3.11. The van der Waals surface area contributed by atoms with E-state index >= 15 is 0 Å². The first-order valence-electron chi connectivity index (χ1n) is 2.77. The highest BCUT2D eigenvalue weighted by Crippen LogP contribution is 2.22. The number of imide groups is 1. The Morgan fingerprint density at radius 3 is 1.50 bits per heavy atom. The summed E-state index contributed by atoms with van der Waals surface area (Å²) in [6.07, 6.45) is 0. The summed E-state index contributed by atoms with van der Waals surface area (Å²) in [6.45, 7) is 3.32. The predicted molar refractivity (Wildman–Crippen MR) is 44.2 cm³/mol. The van der Waals surface area contributed by atoms with Crippen LogP contribution in [0.15, 0.2) is 11.1 Å². The molecule has 1 heterocycles. The van der Waals surface area contributed by atoms with E-state index in [2.05, 4.69) is 0 Å². The summed E-state index contributed by atoms with van der Waals surface area (Å²) >= 11 is 1.71. The van der Waals surface area contributed by atoms with E-state index in [1.54, 1.807) is 36.7 Å². The van der Waals surface area contributed by atoms with Gasteiger partial charge in [-0.3, -0.25) is 9.59 Å². The van der Waals surface area contributed by atoms with Gasteiger partial charge in [0.1, 0.15) is 0 Å². The number of halogens is 1. The van der Waals surface area contributed by atoms with Crippen LogP contribution in [-0.4, -0.2) is 14.9 Å². The number of carbonyl (C=O) groups excluding carboxylic acids is 2. The summed E-state index contributed by atoms with van der Waals surface area (Å²) in [7, 11) is 0. The summed E-state index contributed by atoms with van der Waals surface area (Å²) in [5.41, 5.74) is 1.11. The third kappa shape index (κ3) is 0.865. The molecule has 1 aliphatic rings. The Bertz CT molecular complexity index is 220. The molecule has 3 nitrogen and oxygen atoms in total. The fraction of sp³-hybridized carbons (Fsp3) is 0.333. The summed E-state index contributed by atoms with van der Waals surface area (Å²) in [6, 6.07) is 0. The predicted octanol–water partition coefficient (Wildman–Crippen LogP) is 1.04. The minimum Gasteiger partial charge on any atom is -0.268 e. The molecule has 0 saturated heterocycles. The van der Waals surface area contributed by atoms with Gasteiger partial charge in [-0.2, -0.15) is 0 Å². The molecule has 10 heavy (non-hydrogen) atoms. The van der Waals surface area contributed by atoms with Gasteiger partial charge >= 0.3 is 0 Å². The molecule has 0 spiro atoms. The largest absolute Gasteiger partial charge is 0.268 e. The number of rotatable bonds is 0. The van der Waals surface area contributed by atoms with Crippen molar-refractivity contribution >= 4 is 34.7 Å². The highest BCUT2D eigenvalue weighted by molar-refractivity contribution is 14.1. The first kappa shape index (κ1) is 7.71. The Labute approximate surface area is 72.6 Å². The Morgan fingerprint density at radius 1 is 1.10 bits per heavy atom. The van der Waals surface area contributed by atoms with Crippen molar-refractivity contribution in [2.45, 2.75) is 13.8 Å². The van der Waals surface area contributed by atoms with Gasteiger partial charge in [0, 0.05) is 11.1 Å². The highest BCUT2D eigenvalue weighted by atomic mass is 127. The van der Waals surface area contributed by atoms with Crippen molar-refractivity contribution in [3.63, 3.8) is 0 Å². The van der Waals surface area contributed by atoms with Gasteiger partial charge in [-0.25, -0.2) is 3.11 Å². The molecule has 0 saturated carbocycles. The Balaban J connectivity index is 3.11. The minimum absolute atomic E-state index is 0.192. The molecule has 0 bridgehead atoms. The fourth-order valence-corrected chi connectivity index (χ4v) is 1.43. The molecule has 4 heteroatoms. The molecular formula is C6H6INO2. The molecule has 0 fully saturated rings. The number of hydrogen-bond acceptors (Lipinski definition) is 2. The second kappa shape index (κ2) is 2.34. The van der Waals surface area contributed by atoms with E-state index in [0.717, 1.165) is 3.11 Å². The van der Waals surface area contributed by atoms with Crippen molar-refractivity contribution in [3.8, 4) is 0 Å². The third-order valence-electron chi connectivity index (χ3n) is 1.56. The van der Waals surface area contributed by atoms with Crippen molar-refractivity contribution < 1.29 is 9.59 Å². The fourth-order valence-electron chi connectivity index (χ4n) is 0.708. The SMILES string of the molecule is CC1=C(C)C(=O)N(I)C1=O. The number of hydrogen-bond donors (Lipinski definition) is 0. The summed E-state index contributed by atoms with van der Waals surface area (Å²) < 4.78 is 1.10. The minimum atomic E-state index is -0.192. The van der Waals surface area contributed by atoms with Gasteiger partial charge in [-0.15, -0.1) is 0 Å². The van der Waals surface area contributed by atoms with Crippen LogP contribution >= 0.6 is 22.9 Å². The van der Waals surface area contributed by atoms with E-state index < -0.39 is 0 Å². The monoisotopic (exact) mass is 251 g/mol. The van der Waals surface area contributed by atoms with Crippen LogP contribution in [0.3, 0.4) is 0 Å². The summed E-state index contributed by atoms with van der Waals surface area (Å²) in [5, 5.41) is 0. The van der Waals surface area contributed by atoms with Gasteiger partial charge in [0.15, 0.2) is 0 Å². The van der Waals surface area contributed by atoms with Crippen molar-refractivity contribution in [3.05, 3.63) is 11.1 Å². The normalized spacial score (nSPS) is 19.3. The van der Waals surface area contributed by atoms with Crippen LogP contribution in [0.2, 0.25) is 0 Å². The lowest BCUT2D eigenvalue weighted by molar-refractivity contribution is -0.129. The van der Waals surface area contributed by atoms with Gasteiger partial charge in [0.05, 0.1) is 22.9 Å². The zero-order chi connectivity index (χ0) is 7.89. The van der Waals surface area contributed by atoms with Crippen LogP contribution in [0.5, 0.6) is 0 Å². The lowest BCUT2D eigenvalue weighted by Crippen LogP contribution is -2.19.